The first-order chi connectivity index (χ1) is 28.8. The minimum atomic E-state index is -0.254. The maximum absolute atomic E-state index is 7.07. The highest BCUT2D eigenvalue weighted by molar-refractivity contribution is 6.14. The van der Waals surface area contributed by atoms with E-state index < -0.39 is 0 Å². The Balaban J connectivity index is 1.16. The van der Waals surface area contributed by atoms with Crippen molar-refractivity contribution < 1.29 is 4.42 Å². The van der Waals surface area contributed by atoms with Crippen molar-refractivity contribution in [1.29, 1.82) is 0 Å². The first kappa shape index (κ1) is 35.3. The van der Waals surface area contributed by atoms with Gasteiger partial charge in [-0.3, -0.25) is 0 Å². The summed E-state index contributed by atoms with van der Waals surface area (Å²) in [4.78, 5) is 2.41. The third-order valence-corrected chi connectivity index (χ3v) is 13.2. The van der Waals surface area contributed by atoms with Crippen LogP contribution in [-0.4, -0.2) is 0 Å². The van der Waals surface area contributed by atoms with Crippen LogP contribution in [0.4, 0.5) is 17.1 Å². The van der Waals surface area contributed by atoms with Crippen molar-refractivity contribution >= 4 is 55.8 Å². The summed E-state index contributed by atoms with van der Waals surface area (Å²) in [6.07, 6.45) is 8.63. The second kappa shape index (κ2) is 13.1. The Bertz CT molecular complexity index is 3210. The predicted molar refractivity (Wildman–Crippen MR) is 250 cm³/mol. The molecule has 0 bridgehead atoms. The average Bonchev–Trinajstić information content (AvgIpc) is 3.84. The summed E-state index contributed by atoms with van der Waals surface area (Å²) in [5.74, 6) is 0. The van der Waals surface area contributed by atoms with Crippen molar-refractivity contribution in [3.8, 4) is 33.4 Å². The SMILES string of the molecule is C/C=C\C=C/c1cc2c(cc1N(c1ccccc1)c1cccc3c1oc1c(-c4ccccc4)cccc13)C(C)(C)c1cc3c(cc1-2)C(C)(C)c1ccc2ccccc2c1-3. The van der Waals surface area contributed by atoms with Crippen molar-refractivity contribution in [3.63, 3.8) is 0 Å². The fourth-order valence-electron chi connectivity index (χ4n) is 10.2. The van der Waals surface area contributed by atoms with Crippen molar-refractivity contribution in [3.05, 3.63) is 204 Å². The molecule has 0 N–H and O–H groups in total. The summed E-state index contributed by atoms with van der Waals surface area (Å²) < 4.78 is 7.07. The fraction of sp³-hybridized carbons (Fsp3) is 0.123. The van der Waals surface area contributed by atoms with Gasteiger partial charge >= 0.3 is 0 Å². The number of rotatable bonds is 6. The molecular formula is C57H45NO. The van der Waals surface area contributed by atoms with E-state index in [1.807, 2.05) is 0 Å². The molecule has 11 rings (SSSR count). The minimum absolute atomic E-state index is 0.124. The summed E-state index contributed by atoms with van der Waals surface area (Å²) in [7, 11) is 0. The molecule has 2 aliphatic rings. The van der Waals surface area contributed by atoms with Crippen LogP contribution in [0.5, 0.6) is 0 Å². The molecule has 9 aromatic rings. The molecule has 1 heterocycles. The largest absolute Gasteiger partial charge is 0.453 e. The Morgan fingerprint density at radius 3 is 1.90 bits per heavy atom. The van der Waals surface area contributed by atoms with Crippen molar-refractivity contribution in [2.75, 3.05) is 4.90 Å². The van der Waals surface area contributed by atoms with Crippen LogP contribution in [0, 0.1) is 0 Å². The Kier molecular flexibility index (Phi) is 7.81. The molecule has 0 saturated carbocycles. The summed E-state index contributed by atoms with van der Waals surface area (Å²) in [5.41, 5.74) is 18.8. The molecule has 0 aliphatic heterocycles. The van der Waals surface area contributed by atoms with Crippen LogP contribution in [0.2, 0.25) is 0 Å². The highest BCUT2D eigenvalue weighted by Crippen LogP contribution is 2.58. The number of hydrogen-bond donors (Lipinski definition) is 0. The van der Waals surface area contributed by atoms with Gasteiger partial charge in [-0.25, -0.2) is 0 Å². The number of benzene rings is 8. The van der Waals surface area contributed by atoms with Gasteiger partial charge in [-0.1, -0.05) is 167 Å². The summed E-state index contributed by atoms with van der Waals surface area (Å²) in [6, 6.07) is 57.9. The van der Waals surface area contributed by atoms with E-state index in [1.54, 1.807) is 0 Å². The summed E-state index contributed by atoms with van der Waals surface area (Å²) in [5, 5.41) is 4.83. The fourth-order valence-corrected chi connectivity index (χ4v) is 10.2. The van der Waals surface area contributed by atoms with Gasteiger partial charge < -0.3 is 9.32 Å². The second-order valence-corrected chi connectivity index (χ2v) is 17.2. The Hall–Kier alpha value is -6.90. The highest BCUT2D eigenvalue weighted by Gasteiger charge is 2.43. The number of hydrogen-bond acceptors (Lipinski definition) is 2. The highest BCUT2D eigenvalue weighted by atomic mass is 16.3. The van der Waals surface area contributed by atoms with Crippen LogP contribution in [-0.2, 0) is 10.8 Å². The molecule has 0 radical (unpaired) electrons. The van der Waals surface area contributed by atoms with Gasteiger partial charge in [-0.15, -0.1) is 0 Å². The molecule has 0 atom stereocenters. The van der Waals surface area contributed by atoms with Crippen LogP contribution in [0.25, 0.3) is 72.2 Å². The standard InChI is InChI=1S/C57H45NO/c1-6-7-10-22-38-32-44-45-33-49-46(53-40-25-16-15-21-37(40)30-31-47(53)56(49,2)3)34-48(45)57(4,5)50(44)35-52(38)58(39-23-13-9-14-24-39)51-29-18-28-43-42-27-17-26-41(54(42)59-55(43)51)36-19-11-8-12-20-36/h6-35H,1-5H3/b7-6-,22-10-. The normalized spacial score (nSPS) is 14.7. The van der Waals surface area contributed by atoms with E-state index in [4.69, 9.17) is 4.42 Å². The van der Waals surface area contributed by atoms with E-state index in [0.717, 1.165) is 55.7 Å². The molecule has 0 amide bonds. The van der Waals surface area contributed by atoms with E-state index >= 15 is 0 Å². The molecule has 8 aromatic carbocycles. The van der Waals surface area contributed by atoms with E-state index in [2.05, 4.69) is 222 Å². The number of nitrogens with zero attached hydrogens (tertiary/aromatic N) is 1. The maximum Gasteiger partial charge on any atom is 0.159 e. The van der Waals surface area contributed by atoms with Crippen LogP contribution in [0.15, 0.2) is 180 Å². The van der Waals surface area contributed by atoms with Crippen LogP contribution < -0.4 is 4.90 Å². The van der Waals surface area contributed by atoms with Gasteiger partial charge in [0.05, 0.1) is 11.4 Å². The number of allylic oxidation sites excluding steroid dienone is 3. The van der Waals surface area contributed by atoms with Gasteiger partial charge in [0.2, 0.25) is 0 Å². The molecular weight excluding hydrogens is 715 g/mol. The average molecular weight is 760 g/mol. The zero-order chi connectivity index (χ0) is 40.0. The lowest BCUT2D eigenvalue weighted by Gasteiger charge is -2.29. The minimum Gasteiger partial charge on any atom is -0.453 e. The molecule has 0 spiro atoms. The molecule has 284 valence electrons. The number of furan rings is 1. The van der Waals surface area contributed by atoms with Gasteiger partial charge in [0.25, 0.3) is 0 Å². The lowest BCUT2D eigenvalue weighted by atomic mass is 9.79. The molecule has 2 aliphatic carbocycles. The van der Waals surface area contributed by atoms with Gasteiger partial charge in [-0.05, 0) is 116 Å². The van der Waals surface area contributed by atoms with Crippen LogP contribution in [0.1, 0.15) is 62.4 Å². The molecule has 0 saturated heterocycles. The van der Waals surface area contributed by atoms with Gasteiger partial charge in [0.15, 0.2) is 5.58 Å². The summed E-state index contributed by atoms with van der Waals surface area (Å²) in [6.45, 7) is 11.7. The smallest absolute Gasteiger partial charge is 0.159 e. The number of anilines is 3. The molecule has 59 heavy (non-hydrogen) atoms. The molecule has 1 aromatic heterocycles. The number of fused-ring (bicyclic) bond motifs is 11. The zero-order valence-electron chi connectivity index (χ0n) is 34.2. The van der Waals surface area contributed by atoms with E-state index in [9.17, 15) is 0 Å². The van der Waals surface area contributed by atoms with Gasteiger partial charge in [0.1, 0.15) is 5.58 Å². The molecule has 0 unspecified atom stereocenters. The van der Waals surface area contributed by atoms with Gasteiger partial charge in [-0.2, -0.15) is 0 Å². The second-order valence-electron chi connectivity index (χ2n) is 17.2. The van der Waals surface area contributed by atoms with Crippen molar-refractivity contribution in [2.45, 2.75) is 45.4 Å². The van der Waals surface area contributed by atoms with Crippen LogP contribution in [0.3, 0.4) is 0 Å². The van der Waals surface area contributed by atoms with E-state index in [0.29, 0.717) is 0 Å². The topological polar surface area (TPSA) is 16.4 Å². The maximum atomic E-state index is 7.07. The van der Waals surface area contributed by atoms with E-state index in [-0.39, 0.29) is 10.8 Å². The lowest BCUT2D eigenvalue weighted by Crippen LogP contribution is -2.18. The third kappa shape index (κ3) is 5.19. The number of para-hydroxylation sites is 3. The first-order valence-electron chi connectivity index (χ1n) is 20.8. The Morgan fingerprint density at radius 2 is 1.10 bits per heavy atom. The third-order valence-electron chi connectivity index (χ3n) is 13.2. The zero-order valence-corrected chi connectivity index (χ0v) is 34.2. The van der Waals surface area contributed by atoms with Gasteiger partial charge in [0, 0.05) is 32.9 Å². The predicted octanol–water partition coefficient (Wildman–Crippen LogP) is 16.1. The molecule has 0 fully saturated rings. The van der Waals surface area contributed by atoms with Crippen molar-refractivity contribution in [2.24, 2.45) is 0 Å². The Labute approximate surface area is 346 Å². The summed E-state index contributed by atoms with van der Waals surface area (Å²) >= 11 is 0. The van der Waals surface area contributed by atoms with E-state index in [1.165, 1.54) is 55.3 Å². The monoisotopic (exact) mass is 759 g/mol. The first-order valence-corrected chi connectivity index (χ1v) is 20.8. The quantitative estimate of drug-likeness (QED) is 0.157. The van der Waals surface area contributed by atoms with Crippen molar-refractivity contribution in [1.82, 2.24) is 0 Å². The Morgan fingerprint density at radius 1 is 0.475 bits per heavy atom. The molecule has 2 heteroatoms. The molecule has 2 nitrogen and oxygen atoms in total. The lowest BCUT2D eigenvalue weighted by molar-refractivity contribution is 0.652. The van der Waals surface area contributed by atoms with Crippen LogP contribution >= 0.6 is 0 Å².